The molecule has 0 saturated heterocycles. The van der Waals surface area contributed by atoms with Gasteiger partial charge >= 0.3 is 0 Å². The molecule has 0 aliphatic rings. The predicted molar refractivity (Wildman–Crippen MR) is 115 cm³/mol. The van der Waals surface area contributed by atoms with Gasteiger partial charge in [-0.2, -0.15) is 4.31 Å². The summed E-state index contributed by atoms with van der Waals surface area (Å²) in [6.45, 7) is 2.07. The van der Waals surface area contributed by atoms with Crippen LogP contribution >= 0.6 is 0 Å². The van der Waals surface area contributed by atoms with Crippen LogP contribution in [0.25, 0.3) is 11.0 Å². The second-order valence-corrected chi connectivity index (χ2v) is 9.18. The van der Waals surface area contributed by atoms with E-state index in [2.05, 4.69) is 0 Å². The first-order chi connectivity index (χ1) is 14.4. The third-order valence-corrected chi connectivity index (χ3v) is 7.01. The molecule has 4 aromatic rings. The van der Waals surface area contributed by atoms with E-state index in [4.69, 9.17) is 4.42 Å². The second-order valence-electron chi connectivity index (χ2n) is 7.24. The molecule has 0 aliphatic heterocycles. The van der Waals surface area contributed by atoms with Gasteiger partial charge in [0.25, 0.3) is 0 Å². The fourth-order valence-corrected chi connectivity index (χ4v) is 4.89. The van der Waals surface area contributed by atoms with Crippen molar-refractivity contribution < 1.29 is 17.2 Å². The van der Waals surface area contributed by atoms with Crippen molar-refractivity contribution in [2.75, 3.05) is 6.54 Å². The minimum absolute atomic E-state index is 0.0375. The van der Waals surface area contributed by atoms with Crippen molar-refractivity contribution in [2.45, 2.75) is 24.8 Å². The fourth-order valence-electron chi connectivity index (χ4n) is 3.44. The van der Waals surface area contributed by atoms with Gasteiger partial charge in [-0.25, -0.2) is 12.8 Å². The van der Waals surface area contributed by atoms with E-state index in [-0.39, 0.29) is 18.0 Å². The molecule has 4 nitrogen and oxygen atoms in total. The van der Waals surface area contributed by atoms with Crippen LogP contribution < -0.4 is 0 Å². The zero-order chi connectivity index (χ0) is 21.1. The molecular weight excluding hydrogens is 401 g/mol. The van der Waals surface area contributed by atoms with Gasteiger partial charge in [-0.1, -0.05) is 48.5 Å². The van der Waals surface area contributed by atoms with E-state index in [0.717, 1.165) is 16.5 Å². The van der Waals surface area contributed by atoms with Crippen LogP contribution in [0.1, 0.15) is 16.7 Å². The molecule has 154 valence electrons. The smallest absolute Gasteiger partial charge is 0.243 e. The van der Waals surface area contributed by atoms with Gasteiger partial charge in [-0.05, 0) is 48.7 Å². The summed E-state index contributed by atoms with van der Waals surface area (Å²) in [4.78, 5) is 0.170. The van der Waals surface area contributed by atoms with E-state index in [1.807, 2.05) is 37.3 Å². The highest BCUT2D eigenvalue weighted by atomic mass is 32.2. The first kappa shape index (κ1) is 20.3. The predicted octanol–water partition coefficient (Wildman–Crippen LogP) is 5.31. The van der Waals surface area contributed by atoms with Crippen molar-refractivity contribution >= 4 is 21.0 Å². The van der Waals surface area contributed by atoms with Crippen LogP contribution in [-0.4, -0.2) is 19.3 Å². The Labute approximate surface area is 175 Å². The Kier molecular flexibility index (Phi) is 5.70. The zero-order valence-corrected chi connectivity index (χ0v) is 17.4. The fraction of sp³-hybridized carbons (Fsp3) is 0.167. The first-order valence-electron chi connectivity index (χ1n) is 9.70. The number of benzene rings is 3. The summed E-state index contributed by atoms with van der Waals surface area (Å²) in [5.74, 6) is -0.418. The molecule has 0 aliphatic carbocycles. The lowest BCUT2D eigenvalue weighted by Gasteiger charge is -2.23. The van der Waals surface area contributed by atoms with Crippen LogP contribution in [0.15, 0.2) is 88.4 Å². The van der Waals surface area contributed by atoms with E-state index < -0.39 is 15.8 Å². The number of hydrogen-bond acceptors (Lipinski definition) is 3. The molecule has 0 unspecified atom stereocenters. The van der Waals surface area contributed by atoms with Crippen LogP contribution in [0.4, 0.5) is 4.39 Å². The van der Waals surface area contributed by atoms with Crippen molar-refractivity contribution in [1.82, 2.24) is 4.31 Å². The molecule has 3 aromatic carbocycles. The number of halogens is 1. The normalized spacial score (nSPS) is 12.0. The molecule has 0 bridgehead atoms. The third kappa shape index (κ3) is 4.15. The number of hydrogen-bond donors (Lipinski definition) is 0. The molecule has 1 aromatic heterocycles. The Hall–Kier alpha value is -2.96. The van der Waals surface area contributed by atoms with Gasteiger partial charge in [-0.15, -0.1) is 0 Å². The van der Waals surface area contributed by atoms with E-state index in [1.54, 1.807) is 36.6 Å². The lowest BCUT2D eigenvalue weighted by molar-refractivity contribution is 0.402. The van der Waals surface area contributed by atoms with E-state index in [9.17, 15) is 12.8 Å². The molecule has 0 N–H and O–H groups in total. The molecule has 0 saturated carbocycles. The summed E-state index contributed by atoms with van der Waals surface area (Å²) in [7, 11) is -3.85. The van der Waals surface area contributed by atoms with Gasteiger partial charge < -0.3 is 4.42 Å². The number of furan rings is 1. The molecule has 6 heteroatoms. The lowest BCUT2D eigenvalue weighted by atomic mass is 10.1. The Balaban J connectivity index is 1.70. The van der Waals surface area contributed by atoms with Gasteiger partial charge in [-0.3, -0.25) is 0 Å². The van der Waals surface area contributed by atoms with Gasteiger partial charge in [0.05, 0.1) is 11.2 Å². The van der Waals surface area contributed by atoms with Crippen LogP contribution in [0, 0.1) is 12.7 Å². The Morgan fingerprint density at radius 2 is 1.70 bits per heavy atom. The standard InChI is InChI=1S/C24H22FNO3S/c1-18-17-29-24-12-11-21(15-22(18)24)30(27,28)26(14-13-19-7-3-2-4-8-19)16-20-9-5-6-10-23(20)25/h2-12,15,17H,13-14,16H2,1H3. The van der Waals surface area contributed by atoms with Crippen LogP contribution in [-0.2, 0) is 23.0 Å². The van der Waals surface area contributed by atoms with Crippen molar-refractivity contribution in [1.29, 1.82) is 0 Å². The van der Waals surface area contributed by atoms with Gasteiger partial charge in [0.2, 0.25) is 10.0 Å². The number of nitrogens with zero attached hydrogens (tertiary/aromatic N) is 1. The summed E-state index contributed by atoms with van der Waals surface area (Å²) in [5.41, 5.74) is 2.87. The Morgan fingerprint density at radius 1 is 0.967 bits per heavy atom. The number of fused-ring (bicyclic) bond motifs is 1. The van der Waals surface area contributed by atoms with E-state index in [0.29, 0.717) is 17.6 Å². The van der Waals surface area contributed by atoms with E-state index >= 15 is 0 Å². The summed E-state index contributed by atoms with van der Waals surface area (Å²) in [6.07, 6.45) is 2.13. The van der Waals surface area contributed by atoms with Crippen molar-refractivity contribution in [2.24, 2.45) is 0 Å². The largest absolute Gasteiger partial charge is 0.464 e. The number of rotatable bonds is 7. The molecule has 0 atom stereocenters. The highest BCUT2D eigenvalue weighted by Crippen LogP contribution is 2.27. The Bertz CT molecular complexity index is 1270. The third-order valence-electron chi connectivity index (χ3n) is 5.17. The second kappa shape index (κ2) is 8.42. The molecule has 0 amide bonds. The highest BCUT2D eigenvalue weighted by molar-refractivity contribution is 7.89. The number of sulfonamides is 1. The summed E-state index contributed by atoms with van der Waals surface area (Å²) in [5, 5.41) is 0.755. The molecule has 30 heavy (non-hydrogen) atoms. The number of aryl methyl sites for hydroxylation is 1. The highest BCUT2D eigenvalue weighted by Gasteiger charge is 2.26. The molecule has 4 rings (SSSR count). The van der Waals surface area contributed by atoms with Gasteiger partial charge in [0.1, 0.15) is 11.4 Å². The average molecular weight is 424 g/mol. The maximum absolute atomic E-state index is 14.3. The average Bonchev–Trinajstić information content (AvgIpc) is 3.13. The van der Waals surface area contributed by atoms with Gasteiger partial charge in [0.15, 0.2) is 0 Å². The van der Waals surface area contributed by atoms with Crippen LogP contribution in [0.3, 0.4) is 0 Å². The first-order valence-corrected chi connectivity index (χ1v) is 11.1. The quantitative estimate of drug-likeness (QED) is 0.405. The van der Waals surface area contributed by atoms with E-state index in [1.165, 1.54) is 16.4 Å². The monoisotopic (exact) mass is 423 g/mol. The molecule has 0 spiro atoms. The maximum Gasteiger partial charge on any atom is 0.243 e. The van der Waals surface area contributed by atoms with Gasteiger partial charge in [0, 0.05) is 24.0 Å². The Morgan fingerprint density at radius 3 is 2.47 bits per heavy atom. The molecule has 0 fully saturated rings. The van der Waals surface area contributed by atoms with Crippen molar-refractivity contribution in [3.63, 3.8) is 0 Å². The topological polar surface area (TPSA) is 50.5 Å². The zero-order valence-electron chi connectivity index (χ0n) is 16.6. The van der Waals surface area contributed by atoms with Crippen molar-refractivity contribution in [3.8, 4) is 0 Å². The SMILES string of the molecule is Cc1coc2ccc(S(=O)(=O)N(CCc3ccccc3)Cc3ccccc3F)cc12. The van der Waals surface area contributed by atoms with Crippen molar-refractivity contribution in [3.05, 3.63) is 102 Å². The van der Waals surface area contributed by atoms with Crippen LogP contribution in [0.2, 0.25) is 0 Å². The van der Waals surface area contributed by atoms with Crippen LogP contribution in [0.5, 0.6) is 0 Å². The minimum Gasteiger partial charge on any atom is -0.464 e. The lowest BCUT2D eigenvalue weighted by Crippen LogP contribution is -2.33. The molecule has 1 heterocycles. The summed E-state index contributed by atoms with van der Waals surface area (Å²) < 4.78 is 48.1. The molecule has 0 radical (unpaired) electrons. The summed E-state index contributed by atoms with van der Waals surface area (Å²) in [6, 6.07) is 20.7. The molecular formula is C24H22FNO3S. The minimum atomic E-state index is -3.85. The maximum atomic E-state index is 14.3. The summed E-state index contributed by atoms with van der Waals surface area (Å²) >= 11 is 0.